The van der Waals surface area contributed by atoms with E-state index in [0.29, 0.717) is 34.2 Å². The zero-order chi connectivity index (χ0) is 28.3. The lowest BCUT2D eigenvalue weighted by Gasteiger charge is -2.28. The Balaban J connectivity index is 2.18. The van der Waals surface area contributed by atoms with Crippen molar-refractivity contribution in [2.45, 2.75) is 63.9 Å². The molecule has 2 aromatic rings. The molecule has 0 aliphatic heterocycles. The Hall–Kier alpha value is -2.91. The summed E-state index contributed by atoms with van der Waals surface area (Å²) < 4.78 is 12.5. The maximum absolute atomic E-state index is 13.5. The molecule has 0 heterocycles. The number of benzene rings is 2. The highest BCUT2D eigenvalue weighted by atomic mass is 35.5. The van der Waals surface area contributed by atoms with E-state index in [1.165, 1.54) is 11.4 Å². The average Bonchev–Trinajstić information content (AvgIpc) is 2.88. The Labute approximate surface area is 234 Å². The first-order valence-corrected chi connectivity index (χ1v) is 13.8. The van der Waals surface area contributed by atoms with E-state index < -0.39 is 17.6 Å². The van der Waals surface area contributed by atoms with E-state index in [1.54, 1.807) is 50.4 Å². The monoisotopic (exact) mass is 563 g/mol. The van der Waals surface area contributed by atoms with Gasteiger partial charge in [-0.05, 0) is 80.1 Å². The highest BCUT2D eigenvalue weighted by Gasteiger charge is 2.27. The van der Waals surface area contributed by atoms with Crippen molar-refractivity contribution < 1.29 is 23.9 Å². The maximum atomic E-state index is 13.5. The molecule has 0 saturated heterocycles. The van der Waals surface area contributed by atoms with Crippen LogP contribution in [0.2, 0.25) is 5.02 Å². The van der Waals surface area contributed by atoms with Gasteiger partial charge in [-0.1, -0.05) is 44.9 Å². The minimum atomic E-state index is -0.538. The van der Waals surface area contributed by atoms with Crippen LogP contribution in [0.1, 0.15) is 52.5 Å². The van der Waals surface area contributed by atoms with Gasteiger partial charge in [-0.2, -0.15) is 0 Å². The number of rotatable bonds is 13. The first-order chi connectivity index (χ1) is 18.0. The molecular formula is C28H38ClN3O5S. The summed E-state index contributed by atoms with van der Waals surface area (Å²) in [6, 6.07) is 12.3. The third-order valence-corrected chi connectivity index (χ3v) is 7.39. The van der Waals surface area contributed by atoms with Crippen molar-refractivity contribution >= 4 is 47.1 Å². The van der Waals surface area contributed by atoms with Gasteiger partial charge < -0.3 is 14.8 Å². The lowest BCUT2D eigenvalue weighted by atomic mass is 9.97. The molecule has 0 radical (unpaired) electrons. The van der Waals surface area contributed by atoms with E-state index in [9.17, 15) is 14.4 Å². The second-order valence-corrected chi connectivity index (χ2v) is 10.8. The van der Waals surface area contributed by atoms with E-state index in [2.05, 4.69) is 10.6 Å². The molecule has 2 atom stereocenters. The minimum absolute atomic E-state index is 0.136. The number of anilines is 1. The summed E-state index contributed by atoms with van der Waals surface area (Å²) in [5.74, 6) is -0.341. The van der Waals surface area contributed by atoms with Crippen LogP contribution in [0.5, 0.6) is 5.75 Å². The van der Waals surface area contributed by atoms with E-state index in [0.717, 1.165) is 30.4 Å². The van der Waals surface area contributed by atoms with Crippen molar-refractivity contribution in [1.82, 2.24) is 9.62 Å². The molecule has 0 aromatic heterocycles. The van der Waals surface area contributed by atoms with Gasteiger partial charge in [-0.15, -0.1) is 0 Å². The second-order valence-electron chi connectivity index (χ2n) is 9.30. The van der Waals surface area contributed by atoms with Crippen LogP contribution < -0.4 is 15.4 Å². The largest absolute Gasteiger partial charge is 0.496 e. The molecule has 8 nitrogen and oxygen atoms in total. The Morgan fingerprint density at radius 1 is 1.16 bits per heavy atom. The van der Waals surface area contributed by atoms with Crippen LogP contribution >= 0.6 is 23.5 Å². The molecule has 0 spiro atoms. The number of nitrogens with zero attached hydrogens (tertiary/aromatic N) is 1. The minimum Gasteiger partial charge on any atom is -0.496 e. The van der Waals surface area contributed by atoms with Crippen LogP contribution in [0.15, 0.2) is 47.4 Å². The second kappa shape index (κ2) is 14.9. The summed E-state index contributed by atoms with van der Waals surface area (Å²) >= 11 is 7.29. The zero-order valence-corrected chi connectivity index (χ0v) is 24.5. The van der Waals surface area contributed by atoms with E-state index in [4.69, 9.17) is 21.1 Å². The summed E-state index contributed by atoms with van der Waals surface area (Å²) in [5.41, 5.74) is 0.792. The number of carbonyl (C=O) groups is 3. The van der Waals surface area contributed by atoms with Gasteiger partial charge in [0.25, 0.3) is 0 Å². The molecule has 3 amide bonds. The van der Waals surface area contributed by atoms with Crippen LogP contribution in [-0.4, -0.2) is 48.5 Å². The van der Waals surface area contributed by atoms with Crippen molar-refractivity contribution in [2.24, 2.45) is 5.92 Å². The lowest BCUT2D eigenvalue weighted by molar-refractivity contribution is -0.133. The van der Waals surface area contributed by atoms with E-state index >= 15 is 0 Å². The fraction of sp³-hybridized carbons (Fsp3) is 0.464. The van der Waals surface area contributed by atoms with Gasteiger partial charge in [0.2, 0.25) is 11.8 Å². The summed E-state index contributed by atoms with van der Waals surface area (Å²) in [6.07, 6.45) is 2.23. The number of carbonyl (C=O) groups excluding carboxylic acids is 3. The fourth-order valence-corrected chi connectivity index (χ4v) is 5.11. The molecule has 2 rings (SSSR count). The molecule has 0 fully saturated rings. The molecule has 2 N–H and O–H groups in total. The summed E-state index contributed by atoms with van der Waals surface area (Å²) in [4.78, 5) is 38.9. The molecule has 208 valence electrons. The summed E-state index contributed by atoms with van der Waals surface area (Å²) in [6.45, 7) is 7.62. The van der Waals surface area contributed by atoms with E-state index in [1.807, 2.05) is 26.8 Å². The molecule has 0 bridgehead atoms. The standard InChI is InChI=1S/C28H38ClN3O5S/c1-7-14-28(4,8-2)37-27(35)31-22-10-9-11-23(17-22)38-32(18-25(33)30-5)26(34)19(3)15-20-16-21(29)12-13-24(20)36-6/h9-13,16-17,19H,7-8,14-15,18H2,1-6H3,(H,30,33)(H,31,35). The van der Waals surface area contributed by atoms with E-state index in [-0.39, 0.29) is 18.4 Å². The fourth-order valence-electron chi connectivity index (χ4n) is 3.89. The first-order valence-electron chi connectivity index (χ1n) is 12.7. The van der Waals surface area contributed by atoms with Gasteiger partial charge in [0, 0.05) is 28.6 Å². The van der Waals surface area contributed by atoms with Crippen molar-refractivity contribution in [1.29, 1.82) is 0 Å². The van der Waals surface area contributed by atoms with Crippen molar-refractivity contribution in [3.05, 3.63) is 53.1 Å². The predicted molar refractivity (Wildman–Crippen MR) is 153 cm³/mol. The van der Waals surface area contributed by atoms with Crippen molar-refractivity contribution in [3.8, 4) is 5.75 Å². The third kappa shape index (κ3) is 9.44. The van der Waals surface area contributed by atoms with Crippen LogP contribution in [-0.2, 0) is 20.7 Å². The molecule has 10 heteroatoms. The molecule has 0 aliphatic rings. The van der Waals surface area contributed by atoms with Gasteiger partial charge in [0.1, 0.15) is 17.9 Å². The molecule has 0 saturated carbocycles. The average molecular weight is 564 g/mol. The number of likely N-dealkylation sites (N-methyl/N-ethyl adjacent to an activating group) is 1. The van der Waals surface area contributed by atoms with Crippen molar-refractivity contribution in [3.63, 3.8) is 0 Å². The Kier molecular flexibility index (Phi) is 12.3. The van der Waals surface area contributed by atoms with Crippen LogP contribution in [0, 0.1) is 5.92 Å². The normalized spacial score (nSPS) is 13.1. The SMILES string of the molecule is CCCC(C)(CC)OC(=O)Nc1cccc(SN(CC(=O)NC)C(=O)C(C)Cc2cc(Cl)ccc2OC)c1. The highest BCUT2D eigenvalue weighted by Crippen LogP contribution is 2.30. The number of ether oxygens (including phenoxy) is 2. The Bertz CT molecular complexity index is 1120. The molecular weight excluding hydrogens is 526 g/mol. The topological polar surface area (TPSA) is 97.0 Å². The smallest absolute Gasteiger partial charge is 0.412 e. The quantitative estimate of drug-likeness (QED) is 0.277. The highest BCUT2D eigenvalue weighted by molar-refractivity contribution is 7.97. The van der Waals surface area contributed by atoms with Crippen molar-refractivity contribution in [2.75, 3.05) is 26.0 Å². The van der Waals surface area contributed by atoms with Crippen LogP contribution in [0.4, 0.5) is 10.5 Å². The number of hydrogen-bond acceptors (Lipinski definition) is 6. The third-order valence-electron chi connectivity index (χ3n) is 6.16. The summed E-state index contributed by atoms with van der Waals surface area (Å²) in [5, 5.41) is 5.89. The number of amides is 3. The molecule has 2 aromatic carbocycles. The Morgan fingerprint density at radius 2 is 1.89 bits per heavy atom. The summed E-state index contributed by atoms with van der Waals surface area (Å²) in [7, 11) is 3.09. The van der Waals surface area contributed by atoms with Crippen LogP contribution in [0.25, 0.3) is 0 Å². The number of nitrogens with one attached hydrogen (secondary N) is 2. The molecule has 38 heavy (non-hydrogen) atoms. The number of halogens is 1. The Morgan fingerprint density at radius 3 is 2.53 bits per heavy atom. The molecule has 0 aliphatic carbocycles. The first kappa shape index (κ1) is 31.3. The number of methoxy groups -OCH3 is 1. The number of hydrogen-bond donors (Lipinski definition) is 2. The maximum Gasteiger partial charge on any atom is 0.412 e. The van der Waals surface area contributed by atoms with Gasteiger partial charge in [-0.3, -0.25) is 19.2 Å². The predicted octanol–water partition coefficient (Wildman–Crippen LogP) is 6.33. The van der Waals surface area contributed by atoms with Gasteiger partial charge >= 0.3 is 6.09 Å². The lowest BCUT2D eigenvalue weighted by Crippen LogP contribution is -2.38. The van der Waals surface area contributed by atoms with Gasteiger partial charge in [0.15, 0.2) is 0 Å². The van der Waals surface area contributed by atoms with Crippen LogP contribution in [0.3, 0.4) is 0 Å². The molecule has 2 unspecified atom stereocenters. The van der Waals surface area contributed by atoms with Gasteiger partial charge in [-0.25, -0.2) is 4.79 Å². The zero-order valence-electron chi connectivity index (χ0n) is 22.9. The van der Waals surface area contributed by atoms with Gasteiger partial charge in [0.05, 0.1) is 7.11 Å².